The normalized spacial score (nSPS) is 18.6. The number of hydrogen-bond donors (Lipinski definition) is 0. The molecule has 0 aliphatic carbocycles. The van der Waals surface area contributed by atoms with Gasteiger partial charge in [0, 0.05) is 32.9 Å². The van der Waals surface area contributed by atoms with Crippen molar-refractivity contribution in [3.63, 3.8) is 0 Å². The van der Waals surface area contributed by atoms with Gasteiger partial charge in [0.25, 0.3) is 0 Å². The molecule has 1 amide bonds. The number of nitrogens with zero attached hydrogens (tertiary/aromatic N) is 4. The monoisotopic (exact) mass is 374 g/mol. The molecular formula is C17H25F3N4O2. The molecule has 1 atom stereocenters. The van der Waals surface area contributed by atoms with Gasteiger partial charge in [0.1, 0.15) is 11.3 Å². The molecular weight excluding hydrogens is 349 g/mol. The lowest BCUT2D eigenvalue weighted by molar-refractivity contribution is -0.141. The first-order valence-corrected chi connectivity index (χ1v) is 8.55. The van der Waals surface area contributed by atoms with Gasteiger partial charge >= 0.3 is 12.3 Å². The van der Waals surface area contributed by atoms with Crippen molar-refractivity contribution in [2.45, 2.75) is 45.4 Å². The highest BCUT2D eigenvalue weighted by molar-refractivity contribution is 5.67. The summed E-state index contributed by atoms with van der Waals surface area (Å²) in [6.45, 7) is 6.94. The van der Waals surface area contributed by atoms with Gasteiger partial charge in [-0.2, -0.15) is 13.2 Å². The summed E-state index contributed by atoms with van der Waals surface area (Å²) in [7, 11) is 1.66. The van der Waals surface area contributed by atoms with Gasteiger partial charge in [0.15, 0.2) is 0 Å². The summed E-state index contributed by atoms with van der Waals surface area (Å²) in [6, 6.07) is 0.862. The maximum Gasteiger partial charge on any atom is 0.433 e. The van der Waals surface area contributed by atoms with Crippen LogP contribution in [-0.2, 0) is 10.9 Å². The van der Waals surface area contributed by atoms with E-state index < -0.39 is 23.6 Å². The van der Waals surface area contributed by atoms with Crippen LogP contribution in [0.4, 0.5) is 23.9 Å². The maximum absolute atomic E-state index is 12.8. The van der Waals surface area contributed by atoms with Gasteiger partial charge in [0.05, 0.1) is 0 Å². The molecule has 6 nitrogen and oxygen atoms in total. The molecule has 1 aromatic rings. The Bertz CT molecular complexity index is 631. The lowest BCUT2D eigenvalue weighted by Crippen LogP contribution is -2.43. The lowest BCUT2D eigenvalue weighted by atomic mass is 9.98. The summed E-state index contributed by atoms with van der Waals surface area (Å²) in [5.74, 6) is 0.184. The molecule has 1 aliphatic rings. The number of hydrogen-bond acceptors (Lipinski definition) is 5. The molecule has 26 heavy (non-hydrogen) atoms. The summed E-state index contributed by atoms with van der Waals surface area (Å²) in [4.78, 5) is 23.0. The quantitative estimate of drug-likeness (QED) is 0.809. The van der Waals surface area contributed by atoms with Gasteiger partial charge in [-0.15, -0.1) is 0 Å². The summed E-state index contributed by atoms with van der Waals surface area (Å²) in [6.07, 6.45) is -2.11. The molecule has 2 rings (SSSR count). The third-order valence-electron chi connectivity index (χ3n) is 3.97. The Morgan fingerprint density at radius 3 is 2.69 bits per heavy atom. The molecule has 0 aromatic carbocycles. The summed E-state index contributed by atoms with van der Waals surface area (Å²) in [5.41, 5.74) is -1.52. The second-order valence-corrected chi connectivity index (χ2v) is 7.55. The van der Waals surface area contributed by atoms with Crippen LogP contribution in [0.5, 0.6) is 0 Å². The Morgan fingerprint density at radius 1 is 1.38 bits per heavy atom. The molecule has 1 aliphatic heterocycles. The summed E-state index contributed by atoms with van der Waals surface area (Å²) < 4.78 is 43.9. The van der Waals surface area contributed by atoms with E-state index in [1.165, 1.54) is 4.90 Å². The molecule has 0 spiro atoms. The van der Waals surface area contributed by atoms with Crippen molar-refractivity contribution in [1.82, 2.24) is 14.9 Å². The van der Waals surface area contributed by atoms with Crippen LogP contribution in [0, 0.1) is 5.92 Å². The largest absolute Gasteiger partial charge is 0.444 e. The van der Waals surface area contributed by atoms with E-state index >= 15 is 0 Å². The first-order chi connectivity index (χ1) is 12.0. The number of carbonyl (C=O) groups excluding carboxylic acids is 1. The Balaban J connectivity index is 2.00. The Kier molecular flexibility index (Phi) is 5.98. The van der Waals surface area contributed by atoms with Gasteiger partial charge in [0.2, 0.25) is 5.95 Å². The summed E-state index contributed by atoms with van der Waals surface area (Å²) >= 11 is 0. The minimum absolute atomic E-state index is 0.0736. The van der Waals surface area contributed by atoms with Crippen LogP contribution in [0.3, 0.4) is 0 Å². The number of alkyl halides is 3. The first-order valence-electron chi connectivity index (χ1n) is 8.55. The van der Waals surface area contributed by atoms with Crippen LogP contribution >= 0.6 is 0 Å². The zero-order valence-electron chi connectivity index (χ0n) is 15.5. The Morgan fingerprint density at radius 2 is 2.08 bits per heavy atom. The zero-order valence-corrected chi connectivity index (χ0v) is 15.5. The molecule has 0 bridgehead atoms. The number of halogens is 3. The molecule has 0 radical (unpaired) electrons. The van der Waals surface area contributed by atoms with Crippen molar-refractivity contribution in [3.8, 4) is 0 Å². The predicted molar refractivity (Wildman–Crippen MR) is 90.8 cm³/mol. The van der Waals surface area contributed by atoms with Crippen molar-refractivity contribution >= 4 is 12.0 Å². The van der Waals surface area contributed by atoms with Crippen molar-refractivity contribution < 1.29 is 22.7 Å². The third kappa shape index (κ3) is 5.74. The summed E-state index contributed by atoms with van der Waals surface area (Å²) in [5, 5.41) is 0. The molecule has 2 heterocycles. The minimum Gasteiger partial charge on any atom is -0.444 e. The molecule has 0 N–H and O–H groups in total. The average molecular weight is 374 g/mol. The number of rotatable bonds is 3. The molecule has 0 saturated carbocycles. The van der Waals surface area contributed by atoms with Gasteiger partial charge in [-0.25, -0.2) is 14.8 Å². The van der Waals surface area contributed by atoms with Crippen LogP contribution < -0.4 is 4.90 Å². The van der Waals surface area contributed by atoms with Gasteiger partial charge < -0.3 is 14.5 Å². The number of ether oxygens (including phenoxy) is 1. The topological polar surface area (TPSA) is 58.6 Å². The molecule has 9 heteroatoms. The van der Waals surface area contributed by atoms with Crippen LogP contribution in [0.15, 0.2) is 12.3 Å². The first kappa shape index (κ1) is 20.3. The van der Waals surface area contributed by atoms with E-state index in [0.29, 0.717) is 19.6 Å². The van der Waals surface area contributed by atoms with Crippen LogP contribution in [0.2, 0.25) is 0 Å². The van der Waals surface area contributed by atoms with E-state index in [9.17, 15) is 18.0 Å². The molecule has 1 saturated heterocycles. The van der Waals surface area contributed by atoms with Crippen LogP contribution in [0.25, 0.3) is 0 Å². The highest BCUT2D eigenvalue weighted by Gasteiger charge is 2.34. The zero-order chi connectivity index (χ0) is 19.5. The smallest absolute Gasteiger partial charge is 0.433 e. The molecule has 1 unspecified atom stereocenters. The van der Waals surface area contributed by atoms with Crippen LogP contribution in [0.1, 0.15) is 39.3 Å². The molecule has 1 fully saturated rings. The van der Waals surface area contributed by atoms with E-state index in [-0.39, 0.29) is 11.9 Å². The van der Waals surface area contributed by atoms with E-state index in [2.05, 4.69) is 9.97 Å². The fraction of sp³-hybridized carbons (Fsp3) is 0.706. The fourth-order valence-electron chi connectivity index (χ4n) is 2.86. The van der Waals surface area contributed by atoms with Gasteiger partial charge in [-0.1, -0.05) is 0 Å². The number of amides is 1. The van der Waals surface area contributed by atoms with Crippen molar-refractivity contribution in [2.75, 3.05) is 31.6 Å². The average Bonchev–Trinajstić information content (AvgIpc) is 2.53. The number of anilines is 1. The molecule has 1 aromatic heterocycles. The standard InChI is InChI=1S/C17H25F3N4O2/c1-16(2,3)26-15(25)23(4)10-12-6-5-9-24(11-12)14-21-8-7-13(22-14)17(18,19)20/h7-8,12H,5-6,9-11H2,1-4H3. The van der Waals surface area contributed by atoms with Crippen LogP contribution in [-0.4, -0.2) is 53.2 Å². The van der Waals surface area contributed by atoms with Crippen molar-refractivity contribution in [1.29, 1.82) is 0 Å². The van der Waals surface area contributed by atoms with E-state index in [4.69, 9.17) is 4.74 Å². The molecule has 146 valence electrons. The fourth-order valence-corrected chi connectivity index (χ4v) is 2.86. The van der Waals surface area contributed by atoms with Crippen molar-refractivity contribution in [3.05, 3.63) is 18.0 Å². The highest BCUT2D eigenvalue weighted by Crippen LogP contribution is 2.29. The third-order valence-corrected chi connectivity index (χ3v) is 3.97. The van der Waals surface area contributed by atoms with Gasteiger partial charge in [-0.3, -0.25) is 0 Å². The lowest BCUT2D eigenvalue weighted by Gasteiger charge is -2.35. The SMILES string of the molecule is CN(CC1CCCN(c2nccc(C(F)(F)F)n2)C1)C(=O)OC(C)(C)C. The number of aromatic nitrogens is 2. The number of piperidine rings is 1. The number of carbonyl (C=O) groups is 1. The van der Waals surface area contributed by atoms with E-state index in [0.717, 1.165) is 25.1 Å². The highest BCUT2D eigenvalue weighted by atomic mass is 19.4. The Labute approximate surface area is 151 Å². The van der Waals surface area contributed by atoms with Crippen molar-refractivity contribution in [2.24, 2.45) is 5.92 Å². The predicted octanol–water partition coefficient (Wildman–Crippen LogP) is 3.58. The van der Waals surface area contributed by atoms with Gasteiger partial charge in [-0.05, 0) is 45.6 Å². The van der Waals surface area contributed by atoms with E-state index in [1.54, 1.807) is 32.7 Å². The second kappa shape index (κ2) is 7.67. The minimum atomic E-state index is -4.50. The van der Waals surface area contributed by atoms with E-state index in [1.807, 2.05) is 0 Å². The Hall–Kier alpha value is -2.06. The second-order valence-electron chi connectivity index (χ2n) is 7.55. The maximum atomic E-state index is 12.8.